The van der Waals surface area contributed by atoms with Gasteiger partial charge in [-0.15, -0.1) is 12.4 Å². The molecule has 1 heterocycles. The highest BCUT2D eigenvalue weighted by atomic mass is 35.5. The van der Waals surface area contributed by atoms with E-state index in [-0.39, 0.29) is 24.4 Å². The highest BCUT2D eigenvalue weighted by molar-refractivity contribution is 5.89. The van der Waals surface area contributed by atoms with Crippen molar-refractivity contribution in [3.05, 3.63) is 35.4 Å². The van der Waals surface area contributed by atoms with Crippen LogP contribution in [0.4, 0.5) is 0 Å². The van der Waals surface area contributed by atoms with Crippen LogP contribution in [0.25, 0.3) is 0 Å². The summed E-state index contributed by atoms with van der Waals surface area (Å²) < 4.78 is 10.1. The number of nitrogens with one attached hydrogen (secondary N) is 1. The lowest BCUT2D eigenvalue weighted by molar-refractivity contribution is 0.0599. The number of benzene rings is 1. The molecule has 2 rings (SSSR count). The summed E-state index contributed by atoms with van der Waals surface area (Å²) in [5.41, 5.74) is 1.63. The number of methoxy groups -OCH3 is 1. The maximum Gasteiger partial charge on any atom is 0.337 e. The first-order chi connectivity index (χ1) is 7.81. The highest BCUT2D eigenvalue weighted by Gasteiger charge is 2.16. The Morgan fingerprint density at radius 2 is 2.35 bits per heavy atom. The van der Waals surface area contributed by atoms with Crippen LogP contribution in [0.15, 0.2) is 24.3 Å². The number of halogens is 1. The number of carbonyl (C=O) groups excluding carboxylic acids is 1. The Hall–Kier alpha value is -1.10. The lowest BCUT2D eigenvalue weighted by Crippen LogP contribution is -2.34. The summed E-state index contributed by atoms with van der Waals surface area (Å²) in [6, 6.07) is 7.60. The minimum Gasteiger partial charge on any atom is -0.465 e. The second-order valence-corrected chi connectivity index (χ2v) is 3.70. The maximum absolute atomic E-state index is 11.4. The summed E-state index contributed by atoms with van der Waals surface area (Å²) in [5.74, 6) is -0.307. The van der Waals surface area contributed by atoms with E-state index in [0.717, 1.165) is 18.7 Å². The maximum atomic E-state index is 11.4. The predicted molar refractivity (Wildman–Crippen MR) is 66.6 cm³/mol. The lowest BCUT2D eigenvalue weighted by atomic mass is 10.0. The van der Waals surface area contributed by atoms with Crippen molar-refractivity contribution in [3.8, 4) is 0 Å². The van der Waals surface area contributed by atoms with Crippen LogP contribution in [0.5, 0.6) is 0 Å². The fraction of sp³-hybridized carbons (Fsp3) is 0.417. The van der Waals surface area contributed by atoms with E-state index in [1.54, 1.807) is 6.07 Å². The van der Waals surface area contributed by atoms with Crippen molar-refractivity contribution in [2.75, 3.05) is 26.9 Å². The molecule has 1 saturated heterocycles. The molecule has 5 heteroatoms. The molecule has 0 radical (unpaired) electrons. The molecule has 0 bridgehead atoms. The number of hydrogen-bond acceptors (Lipinski definition) is 4. The van der Waals surface area contributed by atoms with Crippen molar-refractivity contribution in [3.63, 3.8) is 0 Å². The van der Waals surface area contributed by atoms with Crippen molar-refractivity contribution in [2.45, 2.75) is 6.04 Å². The van der Waals surface area contributed by atoms with E-state index in [9.17, 15) is 4.79 Å². The van der Waals surface area contributed by atoms with Crippen LogP contribution in [0.2, 0.25) is 0 Å². The second-order valence-electron chi connectivity index (χ2n) is 3.70. The average Bonchev–Trinajstić information content (AvgIpc) is 2.39. The van der Waals surface area contributed by atoms with E-state index >= 15 is 0 Å². The molecule has 1 unspecified atom stereocenters. The smallest absolute Gasteiger partial charge is 0.337 e. The van der Waals surface area contributed by atoms with Gasteiger partial charge < -0.3 is 14.8 Å². The van der Waals surface area contributed by atoms with Crippen LogP contribution in [-0.4, -0.2) is 32.8 Å². The van der Waals surface area contributed by atoms with Crippen LogP contribution < -0.4 is 5.32 Å². The summed E-state index contributed by atoms with van der Waals surface area (Å²) in [4.78, 5) is 11.4. The molecule has 1 N–H and O–H groups in total. The van der Waals surface area contributed by atoms with Gasteiger partial charge in [-0.05, 0) is 17.7 Å². The molecule has 0 spiro atoms. The topological polar surface area (TPSA) is 47.6 Å². The van der Waals surface area contributed by atoms with Crippen LogP contribution >= 0.6 is 12.4 Å². The fourth-order valence-corrected chi connectivity index (χ4v) is 1.78. The average molecular weight is 258 g/mol. The van der Waals surface area contributed by atoms with Crippen molar-refractivity contribution in [1.82, 2.24) is 5.32 Å². The van der Waals surface area contributed by atoms with Gasteiger partial charge in [0, 0.05) is 6.54 Å². The Labute approximate surface area is 107 Å². The Kier molecular flexibility index (Phi) is 5.41. The van der Waals surface area contributed by atoms with Gasteiger partial charge in [-0.3, -0.25) is 0 Å². The van der Waals surface area contributed by atoms with Gasteiger partial charge in [-0.2, -0.15) is 0 Å². The summed E-state index contributed by atoms with van der Waals surface area (Å²) in [6.07, 6.45) is 0. The lowest BCUT2D eigenvalue weighted by Gasteiger charge is -2.24. The zero-order valence-electron chi connectivity index (χ0n) is 9.64. The highest BCUT2D eigenvalue weighted by Crippen LogP contribution is 2.17. The molecule has 1 atom stereocenters. The third-order valence-corrected chi connectivity index (χ3v) is 2.63. The first-order valence-electron chi connectivity index (χ1n) is 5.30. The van der Waals surface area contributed by atoms with Gasteiger partial charge >= 0.3 is 5.97 Å². The van der Waals surface area contributed by atoms with Gasteiger partial charge in [-0.1, -0.05) is 12.1 Å². The molecule has 94 valence electrons. The van der Waals surface area contributed by atoms with Crippen molar-refractivity contribution < 1.29 is 14.3 Å². The molecule has 0 amide bonds. The predicted octanol–water partition coefficient (Wildman–Crippen LogP) is 1.56. The van der Waals surface area contributed by atoms with E-state index < -0.39 is 0 Å². The molecule has 0 aromatic heterocycles. The number of hydrogen-bond donors (Lipinski definition) is 1. The third-order valence-electron chi connectivity index (χ3n) is 2.63. The molecule has 1 fully saturated rings. The summed E-state index contributed by atoms with van der Waals surface area (Å²) >= 11 is 0. The van der Waals surface area contributed by atoms with Crippen LogP contribution in [0, 0.1) is 0 Å². The fourth-order valence-electron chi connectivity index (χ4n) is 1.78. The van der Waals surface area contributed by atoms with Crippen LogP contribution in [-0.2, 0) is 9.47 Å². The summed E-state index contributed by atoms with van der Waals surface area (Å²) in [7, 11) is 1.39. The van der Waals surface area contributed by atoms with Gasteiger partial charge in [0.1, 0.15) is 0 Å². The molecule has 17 heavy (non-hydrogen) atoms. The Bertz CT molecular complexity index is 378. The Morgan fingerprint density at radius 3 is 3.00 bits per heavy atom. The number of rotatable bonds is 2. The van der Waals surface area contributed by atoms with Crippen LogP contribution in [0.3, 0.4) is 0 Å². The van der Waals surface area contributed by atoms with Crippen molar-refractivity contribution in [1.29, 1.82) is 0 Å². The monoisotopic (exact) mass is 257 g/mol. The zero-order valence-corrected chi connectivity index (χ0v) is 10.5. The first-order valence-corrected chi connectivity index (χ1v) is 5.30. The molecule has 0 aliphatic carbocycles. The van der Waals surface area contributed by atoms with Gasteiger partial charge in [0.2, 0.25) is 0 Å². The minimum atomic E-state index is -0.307. The summed E-state index contributed by atoms with van der Waals surface area (Å²) in [6.45, 7) is 2.23. The van der Waals surface area contributed by atoms with Crippen molar-refractivity contribution >= 4 is 18.4 Å². The second kappa shape index (κ2) is 6.59. The Morgan fingerprint density at radius 1 is 1.53 bits per heavy atom. The number of ether oxygens (including phenoxy) is 2. The quantitative estimate of drug-likeness (QED) is 0.817. The van der Waals surface area contributed by atoms with E-state index in [1.807, 2.05) is 18.2 Å². The van der Waals surface area contributed by atoms with E-state index in [1.165, 1.54) is 7.11 Å². The third kappa shape index (κ3) is 3.43. The molecule has 1 aromatic carbocycles. The van der Waals surface area contributed by atoms with Gasteiger partial charge in [0.25, 0.3) is 0 Å². The van der Waals surface area contributed by atoms with Gasteiger partial charge in [0.15, 0.2) is 0 Å². The molecule has 1 aliphatic heterocycles. The van der Waals surface area contributed by atoms with E-state index in [2.05, 4.69) is 10.1 Å². The largest absolute Gasteiger partial charge is 0.465 e. The first kappa shape index (κ1) is 14.0. The normalized spacial score (nSPS) is 19.2. The van der Waals surface area contributed by atoms with Crippen molar-refractivity contribution in [2.24, 2.45) is 0 Å². The van der Waals surface area contributed by atoms with E-state index in [4.69, 9.17) is 4.74 Å². The summed E-state index contributed by atoms with van der Waals surface area (Å²) in [5, 5.41) is 3.34. The minimum absolute atomic E-state index is 0. The molecule has 4 nitrogen and oxygen atoms in total. The number of carbonyl (C=O) groups is 1. The number of morpholine rings is 1. The Balaban J connectivity index is 0.00000144. The SMILES string of the molecule is COC(=O)c1cccc(C2COCCN2)c1.Cl. The molecule has 0 saturated carbocycles. The van der Waals surface area contributed by atoms with Gasteiger partial charge in [-0.25, -0.2) is 4.79 Å². The molecule has 1 aliphatic rings. The van der Waals surface area contributed by atoms with Gasteiger partial charge in [0.05, 0.1) is 31.9 Å². The molecule has 1 aromatic rings. The zero-order chi connectivity index (χ0) is 11.4. The number of esters is 1. The molecular formula is C12H16ClNO3. The van der Waals surface area contributed by atoms with E-state index in [0.29, 0.717) is 12.2 Å². The molecular weight excluding hydrogens is 242 g/mol. The standard InChI is InChI=1S/C12H15NO3.ClH/c1-15-12(14)10-4-2-3-9(7-10)11-8-16-6-5-13-11;/h2-4,7,11,13H,5-6,8H2,1H3;1H. The van der Waals surface area contributed by atoms with Crippen LogP contribution in [0.1, 0.15) is 22.0 Å².